The first kappa shape index (κ1) is 16.0. The molecule has 4 heteroatoms. The monoisotopic (exact) mass is 314 g/mol. The Morgan fingerprint density at radius 2 is 1.83 bits per heavy atom. The van der Waals surface area contributed by atoms with Crippen molar-refractivity contribution in [3.05, 3.63) is 65.0 Å². The molecular formula is C19H23FN2O. The minimum atomic E-state index is -0.242. The summed E-state index contributed by atoms with van der Waals surface area (Å²) in [5.74, 6) is 0.524. The summed E-state index contributed by atoms with van der Waals surface area (Å²) in [6.45, 7) is 2.72. The summed E-state index contributed by atoms with van der Waals surface area (Å²) in [5, 5.41) is 0. The van der Waals surface area contributed by atoms with Crippen LogP contribution in [0.3, 0.4) is 0 Å². The Bertz CT molecular complexity index is 704. The Hall–Kier alpha value is -1.91. The first-order valence-corrected chi connectivity index (χ1v) is 7.92. The number of benzene rings is 2. The molecule has 1 heterocycles. The number of fused-ring (bicyclic) bond motifs is 1. The molecule has 1 aliphatic heterocycles. The minimum Gasteiger partial charge on any atom is -0.496 e. The maximum absolute atomic E-state index is 13.9. The molecule has 2 aromatic rings. The second-order valence-corrected chi connectivity index (χ2v) is 6.15. The van der Waals surface area contributed by atoms with Gasteiger partial charge in [0.15, 0.2) is 0 Å². The van der Waals surface area contributed by atoms with Gasteiger partial charge in [-0.2, -0.15) is 0 Å². The molecule has 0 spiro atoms. The lowest BCUT2D eigenvalue weighted by atomic mass is 9.76. The molecule has 23 heavy (non-hydrogen) atoms. The highest BCUT2D eigenvalue weighted by Crippen LogP contribution is 2.44. The number of nitrogens with two attached hydrogens (primary N) is 1. The van der Waals surface area contributed by atoms with E-state index < -0.39 is 0 Å². The zero-order chi connectivity index (χ0) is 16.6. The summed E-state index contributed by atoms with van der Waals surface area (Å²) in [7, 11) is 3.71. The quantitative estimate of drug-likeness (QED) is 0.945. The van der Waals surface area contributed by atoms with Gasteiger partial charge in [0.05, 0.1) is 7.11 Å². The molecule has 2 aromatic carbocycles. The maximum atomic E-state index is 13.9. The van der Waals surface area contributed by atoms with Crippen LogP contribution in [-0.4, -0.2) is 31.6 Å². The van der Waals surface area contributed by atoms with E-state index in [0.717, 1.165) is 11.3 Å². The van der Waals surface area contributed by atoms with Crippen LogP contribution in [0.1, 0.15) is 35.6 Å². The zero-order valence-corrected chi connectivity index (χ0v) is 13.8. The van der Waals surface area contributed by atoms with E-state index in [1.165, 1.54) is 17.2 Å². The smallest absolute Gasteiger partial charge is 0.123 e. The van der Waals surface area contributed by atoms with E-state index in [0.29, 0.717) is 6.54 Å². The van der Waals surface area contributed by atoms with Crippen LogP contribution in [0.4, 0.5) is 4.39 Å². The highest BCUT2D eigenvalue weighted by Gasteiger charge is 2.37. The van der Waals surface area contributed by atoms with Crippen LogP contribution in [0.15, 0.2) is 42.5 Å². The van der Waals surface area contributed by atoms with Gasteiger partial charge in [-0.25, -0.2) is 4.39 Å². The zero-order valence-electron chi connectivity index (χ0n) is 13.8. The van der Waals surface area contributed by atoms with Crippen molar-refractivity contribution in [2.45, 2.75) is 24.9 Å². The number of hydrogen-bond donors (Lipinski definition) is 1. The Balaban J connectivity index is 2.21. The fourth-order valence-corrected chi connectivity index (χ4v) is 3.76. The lowest BCUT2D eigenvalue weighted by Gasteiger charge is -2.44. The van der Waals surface area contributed by atoms with E-state index in [-0.39, 0.29) is 23.8 Å². The molecule has 0 saturated carbocycles. The third-order valence-electron chi connectivity index (χ3n) is 5.06. The summed E-state index contributed by atoms with van der Waals surface area (Å²) >= 11 is 0. The molecule has 0 amide bonds. The second-order valence-electron chi connectivity index (χ2n) is 6.15. The van der Waals surface area contributed by atoms with Crippen molar-refractivity contribution in [3.8, 4) is 5.75 Å². The molecule has 0 aromatic heterocycles. The summed E-state index contributed by atoms with van der Waals surface area (Å²) < 4.78 is 19.4. The first-order valence-electron chi connectivity index (χ1n) is 7.92. The predicted molar refractivity (Wildman–Crippen MR) is 90.3 cm³/mol. The molecule has 1 aliphatic rings. The van der Waals surface area contributed by atoms with Gasteiger partial charge in [-0.3, -0.25) is 4.90 Å². The minimum absolute atomic E-state index is 0.0460. The largest absolute Gasteiger partial charge is 0.496 e. The van der Waals surface area contributed by atoms with Crippen LogP contribution in [0.5, 0.6) is 5.75 Å². The average Bonchev–Trinajstić information content (AvgIpc) is 2.56. The molecule has 0 aliphatic carbocycles. The van der Waals surface area contributed by atoms with Gasteiger partial charge in [0.1, 0.15) is 11.6 Å². The molecule has 0 bridgehead atoms. The number of ether oxygens (including phenoxy) is 1. The number of nitrogens with zero attached hydrogens (tertiary/aromatic N) is 1. The third-order valence-corrected chi connectivity index (χ3v) is 5.06. The Kier molecular flexibility index (Phi) is 4.37. The molecule has 3 unspecified atom stereocenters. The number of halogens is 1. The van der Waals surface area contributed by atoms with Crippen LogP contribution < -0.4 is 10.5 Å². The maximum Gasteiger partial charge on any atom is 0.123 e. The van der Waals surface area contributed by atoms with Crippen LogP contribution >= 0.6 is 0 Å². The van der Waals surface area contributed by atoms with Crippen LogP contribution in [0.2, 0.25) is 0 Å². The molecule has 122 valence electrons. The molecule has 0 fully saturated rings. The van der Waals surface area contributed by atoms with Gasteiger partial charge in [-0.1, -0.05) is 24.3 Å². The van der Waals surface area contributed by atoms with Crippen molar-refractivity contribution in [2.75, 3.05) is 20.7 Å². The van der Waals surface area contributed by atoms with Gasteiger partial charge >= 0.3 is 0 Å². The van der Waals surface area contributed by atoms with Crippen molar-refractivity contribution < 1.29 is 9.13 Å². The predicted octanol–water partition coefficient (Wildman–Crippen LogP) is 3.30. The standard InChI is InChI=1S/C19H23FN2O/c1-12-19(16-10-13(20)8-9-18(16)23-3)15-7-5-4-6-14(15)17(11-21)22(12)2/h4-10,12,17,19H,11,21H2,1-3H3. The fourth-order valence-electron chi connectivity index (χ4n) is 3.76. The van der Waals surface area contributed by atoms with Gasteiger partial charge in [0, 0.05) is 30.1 Å². The van der Waals surface area contributed by atoms with Gasteiger partial charge in [-0.15, -0.1) is 0 Å². The van der Waals surface area contributed by atoms with E-state index in [9.17, 15) is 4.39 Å². The van der Waals surface area contributed by atoms with E-state index >= 15 is 0 Å². The number of hydrogen-bond acceptors (Lipinski definition) is 3. The lowest BCUT2D eigenvalue weighted by Crippen LogP contribution is -2.45. The Morgan fingerprint density at radius 1 is 1.13 bits per heavy atom. The summed E-state index contributed by atoms with van der Waals surface area (Å²) in [5.41, 5.74) is 9.31. The molecular weight excluding hydrogens is 291 g/mol. The van der Waals surface area contributed by atoms with Crippen molar-refractivity contribution in [2.24, 2.45) is 5.73 Å². The highest BCUT2D eigenvalue weighted by atomic mass is 19.1. The van der Waals surface area contributed by atoms with Gasteiger partial charge in [0.25, 0.3) is 0 Å². The van der Waals surface area contributed by atoms with Gasteiger partial charge < -0.3 is 10.5 Å². The molecule has 0 radical (unpaired) electrons. The summed E-state index contributed by atoms with van der Waals surface area (Å²) in [6.07, 6.45) is 0. The van der Waals surface area contributed by atoms with Gasteiger partial charge in [0.2, 0.25) is 0 Å². The van der Waals surface area contributed by atoms with Gasteiger partial charge in [-0.05, 0) is 43.3 Å². The molecule has 2 N–H and O–H groups in total. The van der Waals surface area contributed by atoms with Crippen LogP contribution in [0.25, 0.3) is 0 Å². The van der Waals surface area contributed by atoms with Crippen molar-refractivity contribution >= 4 is 0 Å². The van der Waals surface area contributed by atoms with E-state index in [2.05, 4.69) is 31.0 Å². The molecule has 3 nitrogen and oxygen atoms in total. The van der Waals surface area contributed by atoms with Crippen molar-refractivity contribution in [1.29, 1.82) is 0 Å². The number of likely N-dealkylation sites (N-methyl/N-ethyl adjacent to an activating group) is 1. The van der Waals surface area contributed by atoms with E-state index in [1.807, 2.05) is 12.1 Å². The fraction of sp³-hybridized carbons (Fsp3) is 0.368. The van der Waals surface area contributed by atoms with Crippen LogP contribution in [-0.2, 0) is 0 Å². The Labute approximate surface area is 136 Å². The normalized spacial score (nSPS) is 24.3. The van der Waals surface area contributed by atoms with E-state index in [4.69, 9.17) is 10.5 Å². The molecule has 3 atom stereocenters. The number of methoxy groups -OCH3 is 1. The van der Waals surface area contributed by atoms with Crippen LogP contribution in [0, 0.1) is 5.82 Å². The highest BCUT2D eigenvalue weighted by molar-refractivity contribution is 5.48. The number of rotatable bonds is 3. The molecule has 3 rings (SSSR count). The second kappa shape index (κ2) is 6.30. The lowest BCUT2D eigenvalue weighted by molar-refractivity contribution is 0.155. The third kappa shape index (κ3) is 2.62. The average molecular weight is 314 g/mol. The SMILES string of the molecule is COc1ccc(F)cc1C1c2ccccc2C(CN)N(C)C1C. The van der Waals surface area contributed by atoms with E-state index in [1.54, 1.807) is 19.2 Å². The first-order chi connectivity index (χ1) is 11.1. The summed E-state index contributed by atoms with van der Waals surface area (Å²) in [6, 6.07) is 13.4. The van der Waals surface area contributed by atoms with Crippen molar-refractivity contribution in [3.63, 3.8) is 0 Å². The molecule has 0 saturated heterocycles. The summed E-state index contributed by atoms with van der Waals surface area (Å²) in [4.78, 5) is 2.28. The van der Waals surface area contributed by atoms with Crippen molar-refractivity contribution in [1.82, 2.24) is 4.90 Å². The topological polar surface area (TPSA) is 38.5 Å². The Morgan fingerprint density at radius 3 is 2.48 bits per heavy atom.